The number of aromatic nitrogens is 2. The Bertz CT molecular complexity index is 796. The quantitative estimate of drug-likeness (QED) is 0.770. The van der Waals surface area contributed by atoms with E-state index < -0.39 is 0 Å². The molecular formula is C19H19N3O. The third-order valence-corrected chi connectivity index (χ3v) is 3.55. The van der Waals surface area contributed by atoms with Gasteiger partial charge in [0, 0.05) is 17.3 Å². The SMILES string of the molecule is COc1ccc(-c2cc(Nc3ccc(C)cc3)nc(C)n2)cc1. The second-order valence-corrected chi connectivity index (χ2v) is 5.41. The molecule has 0 fully saturated rings. The van der Waals surface area contributed by atoms with Gasteiger partial charge in [-0.3, -0.25) is 0 Å². The molecule has 0 saturated carbocycles. The summed E-state index contributed by atoms with van der Waals surface area (Å²) < 4.78 is 5.20. The van der Waals surface area contributed by atoms with Crippen molar-refractivity contribution in [2.75, 3.05) is 12.4 Å². The number of ether oxygens (including phenoxy) is 1. The zero-order valence-corrected chi connectivity index (χ0v) is 13.5. The molecule has 2 aromatic carbocycles. The van der Waals surface area contributed by atoms with Crippen LogP contribution in [0.25, 0.3) is 11.3 Å². The number of nitrogens with zero attached hydrogens (tertiary/aromatic N) is 2. The maximum atomic E-state index is 5.20. The van der Waals surface area contributed by atoms with Crippen LogP contribution < -0.4 is 10.1 Å². The van der Waals surface area contributed by atoms with E-state index in [1.807, 2.05) is 49.4 Å². The van der Waals surface area contributed by atoms with Crippen molar-refractivity contribution in [1.29, 1.82) is 0 Å². The molecule has 0 aliphatic heterocycles. The summed E-state index contributed by atoms with van der Waals surface area (Å²) in [6.45, 7) is 3.97. The van der Waals surface area contributed by atoms with Gasteiger partial charge in [-0.2, -0.15) is 0 Å². The van der Waals surface area contributed by atoms with Gasteiger partial charge in [-0.05, 0) is 50.2 Å². The zero-order valence-electron chi connectivity index (χ0n) is 13.5. The molecule has 116 valence electrons. The van der Waals surface area contributed by atoms with Gasteiger partial charge in [0.05, 0.1) is 12.8 Å². The second kappa shape index (κ2) is 6.48. The largest absolute Gasteiger partial charge is 0.497 e. The summed E-state index contributed by atoms with van der Waals surface area (Å²) in [7, 11) is 1.66. The van der Waals surface area contributed by atoms with Gasteiger partial charge in [-0.25, -0.2) is 9.97 Å². The molecule has 0 spiro atoms. The summed E-state index contributed by atoms with van der Waals surface area (Å²) in [4.78, 5) is 8.99. The van der Waals surface area contributed by atoms with Crippen LogP contribution in [0.4, 0.5) is 11.5 Å². The van der Waals surface area contributed by atoms with Gasteiger partial charge in [0.2, 0.25) is 0 Å². The van der Waals surface area contributed by atoms with Crippen molar-refractivity contribution in [3.8, 4) is 17.0 Å². The first kappa shape index (κ1) is 15.0. The summed E-state index contributed by atoms with van der Waals surface area (Å²) in [6.07, 6.45) is 0. The van der Waals surface area contributed by atoms with E-state index in [1.54, 1.807) is 7.11 Å². The normalized spacial score (nSPS) is 10.4. The van der Waals surface area contributed by atoms with Crippen LogP contribution in [0.1, 0.15) is 11.4 Å². The monoisotopic (exact) mass is 305 g/mol. The van der Waals surface area contributed by atoms with Gasteiger partial charge in [-0.1, -0.05) is 17.7 Å². The van der Waals surface area contributed by atoms with Gasteiger partial charge in [0.15, 0.2) is 0 Å². The number of benzene rings is 2. The summed E-state index contributed by atoms with van der Waals surface area (Å²) in [6, 6.07) is 18.0. The van der Waals surface area contributed by atoms with E-state index in [1.165, 1.54) is 5.56 Å². The average Bonchev–Trinajstić information content (AvgIpc) is 2.56. The fourth-order valence-corrected chi connectivity index (χ4v) is 2.33. The smallest absolute Gasteiger partial charge is 0.134 e. The average molecular weight is 305 g/mol. The molecule has 0 aliphatic carbocycles. The van der Waals surface area contributed by atoms with Crippen LogP contribution in [0, 0.1) is 13.8 Å². The third-order valence-electron chi connectivity index (χ3n) is 3.55. The Morgan fingerprint density at radius 1 is 0.870 bits per heavy atom. The van der Waals surface area contributed by atoms with Crippen molar-refractivity contribution in [2.45, 2.75) is 13.8 Å². The van der Waals surface area contributed by atoms with E-state index in [-0.39, 0.29) is 0 Å². The number of methoxy groups -OCH3 is 1. The first-order valence-electron chi connectivity index (χ1n) is 7.48. The predicted molar refractivity (Wildman–Crippen MR) is 93.2 cm³/mol. The number of nitrogens with one attached hydrogen (secondary N) is 1. The molecule has 0 amide bonds. The molecule has 0 bridgehead atoms. The molecule has 3 rings (SSSR count). The fraction of sp³-hybridized carbons (Fsp3) is 0.158. The van der Waals surface area contributed by atoms with Crippen molar-refractivity contribution in [2.24, 2.45) is 0 Å². The molecule has 0 radical (unpaired) electrons. The van der Waals surface area contributed by atoms with Crippen molar-refractivity contribution in [1.82, 2.24) is 9.97 Å². The molecule has 0 atom stereocenters. The van der Waals surface area contributed by atoms with E-state index in [9.17, 15) is 0 Å². The fourth-order valence-electron chi connectivity index (χ4n) is 2.33. The molecule has 4 heteroatoms. The molecule has 1 N–H and O–H groups in total. The first-order chi connectivity index (χ1) is 11.1. The van der Waals surface area contributed by atoms with Crippen LogP contribution in [0.5, 0.6) is 5.75 Å². The highest BCUT2D eigenvalue weighted by molar-refractivity contribution is 5.66. The Hall–Kier alpha value is -2.88. The topological polar surface area (TPSA) is 47.0 Å². The molecule has 23 heavy (non-hydrogen) atoms. The molecule has 0 aliphatic rings. The molecule has 0 saturated heterocycles. The Balaban J connectivity index is 1.90. The minimum atomic E-state index is 0.730. The summed E-state index contributed by atoms with van der Waals surface area (Å²) in [5.41, 5.74) is 4.15. The Kier molecular flexibility index (Phi) is 4.24. The van der Waals surface area contributed by atoms with E-state index in [2.05, 4.69) is 34.3 Å². The van der Waals surface area contributed by atoms with Crippen molar-refractivity contribution in [3.05, 3.63) is 66.0 Å². The number of aryl methyl sites for hydroxylation is 2. The van der Waals surface area contributed by atoms with Gasteiger partial charge >= 0.3 is 0 Å². The maximum Gasteiger partial charge on any atom is 0.134 e. The van der Waals surface area contributed by atoms with Crippen molar-refractivity contribution in [3.63, 3.8) is 0 Å². The van der Waals surface area contributed by atoms with Gasteiger partial charge in [0.1, 0.15) is 17.4 Å². The molecule has 0 unspecified atom stereocenters. The minimum Gasteiger partial charge on any atom is -0.497 e. The highest BCUT2D eigenvalue weighted by Gasteiger charge is 2.05. The Morgan fingerprint density at radius 2 is 1.57 bits per heavy atom. The summed E-state index contributed by atoms with van der Waals surface area (Å²) in [5, 5.41) is 3.33. The number of rotatable bonds is 4. The lowest BCUT2D eigenvalue weighted by atomic mass is 10.1. The van der Waals surface area contributed by atoms with Gasteiger partial charge < -0.3 is 10.1 Å². The van der Waals surface area contributed by atoms with Crippen molar-refractivity contribution < 1.29 is 4.74 Å². The highest BCUT2D eigenvalue weighted by atomic mass is 16.5. The van der Waals surface area contributed by atoms with Crippen LogP contribution in [0.3, 0.4) is 0 Å². The summed E-state index contributed by atoms with van der Waals surface area (Å²) in [5.74, 6) is 2.35. The van der Waals surface area contributed by atoms with E-state index >= 15 is 0 Å². The van der Waals surface area contributed by atoms with E-state index in [0.29, 0.717) is 0 Å². The standard InChI is InChI=1S/C19H19N3O/c1-13-4-8-16(9-5-13)22-19-12-18(20-14(2)21-19)15-6-10-17(23-3)11-7-15/h4-12H,1-3H3,(H,20,21,22). The van der Waals surface area contributed by atoms with E-state index in [0.717, 1.165) is 34.3 Å². The molecular weight excluding hydrogens is 286 g/mol. The van der Waals surface area contributed by atoms with Gasteiger partial charge in [0.25, 0.3) is 0 Å². The first-order valence-corrected chi connectivity index (χ1v) is 7.48. The van der Waals surface area contributed by atoms with E-state index in [4.69, 9.17) is 4.74 Å². The van der Waals surface area contributed by atoms with Crippen LogP contribution in [0.15, 0.2) is 54.6 Å². The Morgan fingerprint density at radius 3 is 2.22 bits per heavy atom. The Labute approximate surface area is 136 Å². The third kappa shape index (κ3) is 3.66. The van der Waals surface area contributed by atoms with Crippen LogP contribution in [0.2, 0.25) is 0 Å². The molecule has 4 nitrogen and oxygen atoms in total. The van der Waals surface area contributed by atoms with Crippen LogP contribution in [-0.2, 0) is 0 Å². The maximum absolute atomic E-state index is 5.20. The summed E-state index contributed by atoms with van der Waals surface area (Å²) >= 11 is 0. The highest BCUT2D eigenvalue weighted by Crippen LogP contribution is 2.24. The zero-order chi connectivity index (χ0) is 16.2. The molecule has 1 heterocycles. The second-order valence-electron chi connectivity index (χ2n) is 5.41. The molecule has 1 aromatic heterocycles. The lowest BCUT2D eigenvalue weighted by molar-refractivity contribution is 0.415. The van der Waals surface area contributed by atoms with Crippen molar-refractivity contribution >= 4 is 11.5 Å². The number of anilines is 2. The minimum absolute atomic E-state index is 0.730. The number of hydrogen-bond donors (Lipinski definition) is 1. The van der Waals surface area contributed by atoms with Gasteiger partial charge in [-0.15, -0.1) is 0 Å². The van der Waals surface area contributed by atoms with Crippen LogP contribution >= 0.6 is 0 Å². The van der Waals surface area contributed by atoms with Crippen LogP contribution in [-0.4, -0.2) is 17.1 Å². The number of hydrogen-bond acceptors (Lipinski definition) is 4. The lowest BCUT2D eigenvalue weighted by Crippen LogP contribution is -1.99. The predicted octanol–water partition coefficient (Wildman–Crippen LogP) is 4.51. The lowest BCUT2D eigenvalue weighted by Gasteiger charge is -2.09. The molecule has 3 aromatic rings.